The summed E-state index contributed by atoms with van der Waals surface area (Å²) in [5, 5.41) is 3.93. The van der Waals surface area contributed by atoms with Gasteiger partial charge in [-0.2, -0.15) is 0 Å². The molecule has 0 saturated heterocycles. The SMILES string of the molecule is COc1ccc(NCc2cc(Cl)cc(OC)c2OC)cc1. The van der Waals surface area contributed by atoms with Crippen LogP contribution in [-0.4, -0.2) is 21.3 Å². The lowest BCUT2D eigenvalue weighted by Crippen LogP contribution is -2.03. The lowest BCUT2D eigenvalue weighted by molar-refractivity contribution is 0.352. The Kier molecular flexibility index (Phi) is 5.17. The Morgan fingerprint density at radius 3 is 2.24 bits per heavy atom. The molecule has 5 heteroatoms. The van der Waals surface area contributed by atoms with Gasteiger partial charge in [0, 0.05) is 28.9 Å². The highest BCUT2D eigenvalue weighted by molar-refractivity contribution is 6.30. The minimum Gasteiger partial charge on any atom is -0.497 e. The van der Waals surface area contributed by atoms with Gasteiger partial charge in [0.1, 0.15) is 5.75 Å². The van der Waals surface area contributed by atoms with Gasteiger partial charge in [0.2, 0.25) is 0 Å². The zero-order valence-corrected chi connectivity index (χ0v) is 13.0. The number of nitrogens with one attached hydrogen (secondary N) is 1. The fourth-order valence-electron chi connectivity index (χ4n) is 2.04. The minimum atomic E-state index is 0.576. The van der Waals surface area contributed by atoms with Crippen LogP contribution in [0.4, 0.5) is 5.69 Å². The summed E-state index contributed by atoms with van der Waals surface area (Å²) in [7, 11) is 4.85. The highest BCUT2D eigenvalue weighted by Crippen LogP contribution is 2.34. The van der Waals surface area contributed by atoms with Crippen molar-refractivity contribution in [2.24, 2.45) is 0 Å². The zero-order valence-electron chi connectivity index (χ0n) is 12.3. The number of rotatable bonds is 6. The molecule has 0 atom stereocenters. The van der Waals surface area contributed by atoms with Crippen molar-refractivity contribution >= 4 is 17.3 Å². The van der Waals surface area contributed by atoms with Crippen molar-refractivity contribution < 1.29 is 14.2 Å². The van der Waals surface area contributed by atoms with Crippen LogP contribution in [0, 0.1) is 0 Å². The second-order valence-electron chi connectivity index (χ2n) is 4.38. The first-order valence-corrected chi connectivity index (χ1v) is 6.84. The average Bonchev–Trinajstić information content (AvgIpc) is 2.52. The van der Waals surface area contributed by atoms with Crippen LogP contribution in [0.25, 0.3) is 0 Å². The third-order valence-electron chi connectivity index (χ3n) is 3.09. The maximum atomic E-state index is 6.10. The molecule has 0 unspecified atom stereocenters. The predicted octanol–water partition coefficient (Wildman–Crippen LogP) is 3.98. The molecule has 112 valence electrons. The standard InChI is InChI=1S/C16H18ClNO3/c1-19-14-6-4-13(5-7-14)18-10-11-8-12(17)9-15(20-2)16(11)21-3/h4-9,18H,10H2,1-3H3. The van der Waals surface area contributed by atoms with E-state index in [4.69, 9.17) is 25.8 Å². The van der Waals surface area contributed by atoms with E-state index in [1.54, 1.807) is 27.4 Å². The number of hydrogen-bond acceptors (Lipinski definition) is 4. The topological polar surface area (TPSA) is 39.7 Å². The number of halogens is 1. The van der Waals surface area contributed by atoms with E-state index < -0.39 is 0 Å². The molecule has 0 spiro atoms. The molecule has 0 amide bonds. The smallest absolute Gasteiger partial charge is 0.165 e. The molecule has 21 heavy (non-hydrogen) atoms. The van der Waals surface area contributed by atoms with E-state index in [-0.39, 0.29) is 0 Å². The number of hydrogen-bond donors (Lipinski definition) is 1. The molecule has 0 aromatic heterocycles. The summed E-state index contributed by atoms with van der Waals surface area (Å²) in [5.74, 6) is 2.13. The number of methoxy groups -OCH3 is 3. The summed E-state index contributed by atoms with van der Waals surface area (Å²) in [4.78, 5) is 0. The van der Waals surface area contributed by atoms with E-state index in [2.05, 4.69) is 5.32 Å². The van der Waals surface area contributed by atoms with Crippen LogP contribution in [0.3, 0.4) is 0 Å². The van der Waals surface area contributed by atoms with Crippen LogP contribution >= 0.6 is 11.6 Å². The Balaban J connectivity index is 2.16. The lowest BCUT2D eigenvalue weighted by atomic mass is 10.1. The molecular formula is C16H18ClNO3. The van der Waals surface area contributed by atoms with Crippen molar-refractivity contribution in [2.75, 3.05) is 26.6 Å². The van der Waals surface area contributed by atoms with Gasteiger partial charge in [0.15, 0.2) is 11.5 Å². The van der Waals surface area contributed by atoms with Gasteiger partial charge in [-0.15, -0.1) is 0 Å². The van der Waals surface area contributed by atoms with Gasteiger partial charge >= 0.3 is 0 Å². The van der Waals surface area contributed by atoms with Crippen LogP contribution < -0.4 is 19.5 Å². The van der Waals surface area contributed by atoms with Gasteiger partial charge in [-0.3, -0.25) is 0 Å². The van der Waals surface area contributed by atoms with Gasteiger partial charge in [0.05, 0.1) is 21.3 Å². The van der Waals surface area contributed by atoms with E-state index >= 15 is 0 Å². The fourth-order valence-corrected chi connectivity index (χ4v) is 2.27. The van der Waals surface area contributed by atoms with Crippen molar-refractivity contribution in [3.8, 4) is 17.2 Å². The van der Waals surface area contributed by atoms with Crippen molar-refractivity contribution in [2.45, 2.75) is 6.54 Å². The van der Waals surface area contributed by atoms with Gasteiger partial charge in [-0.1, -0.05) is 11.6 Å². The van der Waals surface area contributed by atoms with E-state index in [9.17, 15) is 0 Å². The zero-order chi connectivity index (χ0) is 15.2. The molecule has 1 N–H and O–H groups in total. The second-order valence-corrected chi connectivity index (χ2v) is 4.82. The Morgan fingerprint density at radius 1 is 0.952 bits per heavy atom. The predicted molar refractivity (Wildman–Crippen MR) is 84.9 cm³/mol. The summed E-state index contributed by atoms with van der Waals surface area (Å²) in [6, 6.07) is 11.3. The average molecular weight is 308 g/mol. The molecule has 0 radical (unpaired) electrons. The summed E-state index contributed by atoms with van der Waals surface area (Å²) in [6.45, 7) is 0.576. The maximum Gasteiger partial charge on any atom is 0.165 e. The number of ether oxygens (including phenoxy) is 3. The molecule has 2 aromatic rings. The van der Waals surface area contributed by atoms with E-state index in [1.807, 2.05) is 30.3 Å². The summed E-state index contributed by atoms with van der Waals surface area (Å²) in [6.07, 6.45) is 0. The van der Waals surface area contributed by atoms with Gasteiger partial charge in [-0.05, 0) is 30.3 Å². The number of benzene rings is 2. The monoisotopic (exact) mass is 307 g/mol. The van der Waals surface area contributed by atoms with E-state index in [1.165, 1.54) is 0 Å². The molecule has 2 rings (SSSR count). The van der Waals surface area contributed by atoms with Gasteiger partial charge < -0.3 is 19.5 Å². The molecule has 0 aliphatic heterocycles. The number of anilines is 1. The van der Waals surface area contributed by atoms with Crippen LogP contribution in [0.15, 0.2) is 36.4 Å². The van der Waals surface area contributed by atoms with Crippen molar-refractivity contribution in [3.05, 3.63) is 47.0 Å². The van der Waals surface area contributed by atoms with E-state index in [0.29, 0.717) is 23.1 Å². The van der Waals surface area contributed by atoms with Crippen molar-refractivity contribution in [1.29, 1.82) is 0 Å². The third-order valence-corrected chi connectivity index (χ3v) is 3.31. The molecule has 0 aliphatic rings. The van der Waals surface area contributed by atoms with Gasteiger partial charge in [-0.25, -0.2) is 0 Å². The molecule has 4 nitrogen and oxygen atoms in total. The van der Waals surface area contributed by atoms with Crippen LogP contribution in [-0.2, 0) is 6.54 Å². The largest absolute Gasteiger partial charge is 0.497 e. The summed E-state index contributed by atoms with van der Waals surface area (Å²) in [5.41, 5.74) is 1.91. The first-order chi connectivity index (χ1) is 10.2. The Hall–Kier alpha value is -2.07. The molecule has 0 fully saturated rings. The molecule has 0 heterocycles. The highest BCUT2D eigenvalue weighted by atomic mass is 35.5. The normalized spacial score (nSPS) is 10.1. The first-order valence-electron chi connectivity index (χ1n) is 6.46. The molecule has 0 bridgehead atoms. The summed E-state index contributed by atoms with van der Waals surface area (Å²) >= 11 is 6.10. The molecule has 0 aliphatic carbocycles. The molecular weight excluding hydrogens is 290 g/mol. The van der Waals surface area contributed by atoms with Gasteiger partial charge in [0.25, 0.3) is 0 Å². The van der Waals surface area contributed by atoms with Crippen molar-refractivity contribution in [3.63, 3.8) is 0 Å². The Morgan fingerprint density at radius 2 is 1.67 bits per heavy atom. The highest BCUT2D eigenvalue weighted by Gasteiger charge is 2.11. The third kappa shape index (κ3) is 3.73. The van der Waals surface area contributed by atoms with Crippen LogP contribution in [0.5, 0.6) is 17.2 Å². The fraction of sp³-hybridized carbons (Fsp3) is 0.250. The Bertz CT molecular complexity index is 599. The first kappa shape index (κ1) is 15.3. The maximum absolute atomic E-state index is 6.10. The van der Waals surface area contributed by atoms with Crippen molar-refractivity contribution in [1.82, 2.24) is 0 Å². The van der Waals surface area contributed by atoms with Crippen LogP contribution in [0.1, 0.15) is 5.56 Å². The molecule has 0 saturated carbocycles. The second kappa shape index (κ2) is 7.09. The van der Waals surface area contributed by atoms with E-state index in [0.717, 1.165) is 17.0 Å². The molecule has 2 aromatic carbocycles. The summed E-state index contributed by atoms with van der Waals surface area (Å²) < 4.78 is 15.8. The quantitative estimate of drug-likeness (QED) is 0.876. The van der Waals surface area contributed by atoms with Crippen LogP contribution in [0.2, 0.25) is 5.02 Å². The lowest BCUT2D eigenvalue weighted by Gasteiger charge is -2.14. The minimum absolute atomic E-state index is 0.576. The Labute approximate surface area is 129 Å².